The lowest BCUT2D eigenvalue weighted by Gasteiger charge is -1.94. The number of H-pyrrole nitrogens is 1. The maximum atomic E-state index is 9.01. The summed E-state index contributed by atoms with van der Waals surface area (Å²) in [7, 11) is 0. The summed E-state index contributed by atoms with van der Waals surface area (Å²) in [6.07, 6.45) is 6.95. The molecular weight excluding hydrogens is 164 g/mol. The standard InChI is InChI=1S/C10H9N2O/c13-12-7-3-10(4-8-12)9-1-5-11-6-2-9/h1-8,13H/q+1/p+1. The first-order chi connectivity index (χ1) is 6.36. The molecule has 0 amide bonds. The molecule has 0 unspecified atom stereocenters. The van der Waals surface area contributed by atoms with Crippen LogP contribution < -0.4 is 9.71 Å². The smallest absolute Gasteiger partial charge is 0.222 e. The molecule has 13 heavy (non-hydrogen) atoms. The fraction of sp³-hybridized carbons (Fsp3) is 0. The average Bonchev–Trinajstić information content (AvgIpc) is 2.20. The van der Waals surface area contributed by atoms with E-state index in [9.17, 15) is 0 Å². The SMILES string of the molecule is O[n+]1ccc(-c2cc[nH+]cc2)cc1. The van der Waals surface area contributed by atoms with Crippen molar-refractivity contribution in [2.75, 3.05) is 0 Å². The monoisotopic (exact) mass is 174 g/mol. The Morgan fingerprint density at radius 1 is 0.923 bits per heavy atom. The fourth-order valence-electron chi connectivity index (χ4n) is 1.19. The minimum Gasteiger partial charge on any atom is -0.285 e. The topological polar surface area (TPSA) is 38.2 Å². The summed E-state index contributed by atoms with van der Waals surface area (Å²) in [6, 6.07) is 7.68. The van der Waals surface area contributed by atoms with Gasteiger partial charge in [-0.05, 0) is 11.1 Å². The first kappa shape index (κ1) is 7.73. The molecule has 0 aliphatic carbocycles. The molecule has 0 aliphatic heterocycles. The molecule has 0 atom stereocenters. The van der Waals surface area contributed by atoms with Crippen LogP contribution in [-0.4, -0.2) is 5.21 Å². The highest BCUT2D eigenvalue weighted by molar-refractivity contribution is 5.60. The Balaban J connectivity index is 2.42. The first-order valence-corrected chi connectivity index (χ1v) is 4.03. The van der Waals surface area contributed by atoms with Crippen LogP contribution in [0.25, 0.3) is 11.1 Å². The van der Waals surface area contributed by atoms with Crippen molar-refractivity contribution in [2.24, 2.45) is 0 Å². The van der Waals surface area contributed by atoms with Crippen LogP contribution in [0.3, 0.4) is 0 Å². The van der Waals surface area contributed by atoms with Crippen LogP contribution >= 0.6 is 0 Å². The minimum absolute atomic E-state index is 1.03. The van der Waals surface area contributed by atoms with Gasteiger partial charge in [-0.1, -0.05) is 0 Å². The zero-order chi connectivity index (χ0) is 9.10. The highest BCUT2D eigenvalue weighted by Crippen LogP contribution is 2.14. The van der Waals surface area contributed by atoms with Gasteiger partial charge in [-0.3, -0.25) is 5.21 Å². The minimum atomic E-state index is 1.03. The summed E-state index contributed by atoms with van der Waals surface area (Å²) in [5.74, 6) is 0. The van der Waals surface area contributed by atoms with Gasteiger partial charge in [-0.25, -0.2) is 4.98 Å². The third-order valence-corrected chi connectivity index (χ3v) is 1.87. The van der Waals surface area contributed by atoms with Crippen molar-refractivity contribution in [3.8, 4) is 11.1 Å². The Hall–Kier alpha value is -1.90. The quantitative estimate of drug-likeness (QED) is 0.501. The molecule has 2 N–H and O–H groups in total. The van der Waals surface area contributed by atoms with Crippen LogP contribution in [0.15, 0.2) is 49.1 Å². The number of nitrogens with one attached hydrogen (secondary N) is 1. The second-order valence-electron chi connectivity index (χ2n) is 2.76. The predicted octanol–water partition coefficient (Wildman–Crippen LogP) is 0.692. The molecule has 2 aromatic rings. The van der Waals surface area contributed by atoms with Crippen LogP contribution in [0.1, 0.15) is 0 Å². The molecule has 0 spiro atoms. The van der Waals surface area contributed by atoms with E-state index in [1.165, 1.54) is 0 Å². The van der Waals surface area contributed by atoms with Gasteiger partial charge in [0, 0.05) is 29.0 Å². The maximum Gasteiger partial charge on any atom is 0.222 e. The number of aromatic nitrogens is 2. The molecule has 0 aromatic carbocycles. The lowest BCUT2D eigenvalue weighted by molar-refractivity contribution is -0.904. The van der Waals surface area contributed by atoms with Gasteiger partial charge in [0.05, 0.1) is 0 Å². The van der Waals surface area contributed by atoms with E-state index >= 15 is 0 Å². The summed E-state index contributed by atoms with van der Waals surface area (Å²) < 4.78 is 1.03. The summed E-state index contributed by atoms with van der Waals surface area (Å²) >= 11 is 0. The zero-order valence-corrected chi connectivity index (χ0v) is 7.01. The van der Waals surface area contributed by atoms with Gasteiger partial charge < -0.3 is 0 Å². The van der Waals surface area contributed by atoms with Gasteiger partial charge in [0.2, 0.25) is 12.4 Å². The average molecular weight is 174 g/mol. The number of rotatable bonds is 1. The molecule has 0 fully saturated rings. The van der Waals surface area contributed by atoms with E-state index < -0.39 is 0 Å². The van der Waals surface area contributed by atoms with E-state index in [0.717, 1.165) is 15.9 Å². The summed E-state index contributed by atoms with van der Waals surface area (Å²) in [6.45, 7) is 0. The second-order valence-corrected chi connectivity index (χ2v) is 2.76. The number of nitrogens with zero attached hydrogens (tertiary/aromatic N) is 1. The molecule has 0 aliphatic rings. The molecule has 0 saturated carbocycles. The molecule has 2 heterocycles. The van der Waals surface area contributed by atoms with Crippen molar-refractivity contribution in [1.29, 1.82) is 0 Å². The predicted molar refractivity (Wildman–Crippen MR) is 45.8 cm³/mol. The van der Waals surface area contributed by atoms with E-state index in [0.29, 0.717) is 0 Å². The van der Waals surface area contributed by atoms with E-state index in [1.54, 1.807) is 12.4 Å². The fourth-order valence-corrected chi connectivity index (χ4v) is 1.19. The summed E-state index contributed by atoms with van der Waals surface area (Å²) in [5, 5.41) is 9.01. The lowest BCUT2D eigenvalue weighted by Crippen LogP contribution is -2.27. The van der Waals surface area contributed by atoms with E-state index in [-0.39, 0.29) is 0 Å². The number of pyridine rings is 2. The molecule has 3 nitrogen and oxygen atoms in total. The van der Waals surface area contributed by atoms with Crippen molar-refractivity contribution in [1.82, 2.24) is 0 Å². The van der Waals surface area contributed by atoms with Crippen LogP contribution in [0.5, 0.6) is 0 Å². The summed E-state index contributed by atoms with van der Waals surface area (Å²) in [5.41, 5.74) is 2.21. The molecular formula is C10H10N2O+2. The van der Waals surface area contributed by atoms with Gasteiger partial charge in [0.1, 0.15) is 0 Å². The Labute approximate surface area is 75.9 Å². The molecule has 0 bridgehead atoms. The van der Waals surface area contributed by atoms with E-state index in [4.69, 9.17) is 5.21 Å². The summed E-state index contributed by atoms with van der Waals surface area (Å²) in [4.78, 5) is 2.96. The highest BCUT2D eigenvalue weighted by atomic mass is 16.5. The molecule has 2 rings (SSSR count). The van der Waals surface area contributed by atoms with Crippen molar-refractivity contribution in [3.05, 3.63) is 49.1 Å². The van der Waals surface area contributed by atoms with Gasteiger partial charge in [0.15, 0.2) is 12.4 Å². The van der Waals surface area contributed by atoms with Crippen molar-refractivity contribution in [3.63, 3.8) is 0 Å². The van der Waals surface area contributed by atoms with Crippen LogP contribution in [0.2, 0.25) is 0 Å². The van der Waals surface area contributed by atoms with Crippen molar-refractivity contribution < 1.29 is 14.9 Å². The van der Waals surface area contributed by atoms with Gasteiger partial charge in [-0.2, -0.15) is 0 Å². The third-order valence-electron chi connectivity index (χ3n) is 1.87. The van der Waals surface area contributed by atoms with Crippen LogP contribution in [0.4, 0.5) is 0 Å². The van der Waals surface area contributed by atoms with Crippen LogP contribution in [-0.2, 0) is 0 Å². The highest BCUT2D eigenvalue weighted by Gasteiger charge is 2.00. The van der Waals surface area contributed by atoms with Gasteiger partial charge in [-0.15, -0.1) is 0 Å². The third kappa shape index (κ3) is 1.64. The largest absolute Gasteiger partial charge is 0.285 e. The van der Waals surface area contributed by atoms with Gasteiger partial charge in [0.25, 0.3) is 0 Å². The van der Waals surface area contributed by atoms with Crippen molar-refractivity contribution >= 4 is 0 Å². The number of hydrogen-bond acceptors (Lipinski definition) is 1. The van der Waals surface area contributed by atoms with Crippen molar-refractivity contribution in [2.45, 2.75) is 0 Å². The van der Waals surface area contributed by atoms with Crippen LogP contribution in [0, 0.1) is 0 Å². The Morgan fingerprint density at radius 2 is 1.46 bits per heavy atom. The molecule has 0 radical (unpaired) electrons. The Kier molecular flexibility index (Phi) is 1.92. The van der Waals surface area contributed by atoms with Gasteiger partial charge >= 0.3 is 0 Å². The number of hydrogen-bond donors (Lipinski definition) is 1. The maximum absolute atomic E-state index is 9.01. The van der Waals surface area contributed by atoms with E-state index in [1.807, 2.05) is 36.7 Å². The lowest BCUT2D eigenvalue weighted by atomic mass is 10.1. The number of aromatic amines is 1. The Morgan fingerprint density at radius 3 is 2.08 bits per heavy atom. The Bertz CT molecular complexity index is 383. The second kappa shape index (κ2) is 3.23. The molecule has 0 saturated heterocycles. The zero-order valence-electron chi connectivity index (χ0n) is 7.01. The molecule has 3 heteroatoms. The molecule has 64 valence electrons. The normalized spacial score (nSPS) is 9.85. The van der Waals surface area contributed by atoms with E-state index in [2.05, 4.69) is 4.98 Å². The molecule has 2 aromatic heterocycles. The first-order valence-electron chi connectivity index (χ1n) is 4.03.